The minimum atomic E-state index is -0.383. The van der Waals surface area contributed by atoms with Crippen LogP contribution in [0.25, 0.3) is 0 Å². The Kier molecular flexibility index (Phi) is 5.71. The summed E-state index contributed by atoms with van der Waals surface area (Å²) in [7, 11) is 0. The fourth-order valence-corrected chi connectivity index (χ4v) is 2.53. The maximum Gasteiger partial charge on any atom is 0.294 e. The smallest absolute Gasteiger partial charge is 0.294 e. The van der Waals surface area contributed by atoms with Gasteiger partial charge in [-0.15, -0.1) is 11.3 Å². The number of hydrogen-bond donors (Lipinski definition) is 2. The average molecular weight is 305 g/mol. The first-order valence-electron chi connectivity index (χ1n) is 6.90. The van der Waals surface area contributed by atoms with Crippen LogP contribution in [0, 0.1) is 0 Å². The van der Waals surface area contributed by atoms with Crippen molar-refractivity contribution in [3.8, 4) is 5.75 Å². The molecule has 3 N–H and O–H groups in total. The third-order valence-corrected chi connectivity index (χ3v) is 3.90. The highest BCUT2D eigenvalue weighted by molar-refractivity contribution is 7.11. The Bertz CT molecular complexity index is 581. The van der Waals surface area contributed by atoms with Crippen LogP contribution in [0.4, 0.5) is 0 Å². The molecule has 1 aromatic carbocycles. The largest absolute Gasteiger partial charge is 0.487 e. The number of nitrogens with one attached hydrogen (secondary N) is 1. The van der Waals surface area contributed by atoms with E-state index in [2.05, 4.69) is 29.5 Å². The third-order valence-electron chi connectivity index (χ3n) is 3.01. The van der Waals surface area contributed by atoms with Gasteiger partial charge in [-0.25, -0.2) is 10.8 Å². The van der Waals surface area contributed by atoms with E-state index in [-0.39, 0.29) is 5.91 Å². The lowest BCUT2D eigenvalue weighted by Gasteiger charge is -2.05. The van der Waals surface area contributed by atoms with Gasteiger partial charge >= 0.3 is 0 Å². The van der Waals surface area contributed by atoms with Crippen molar-refractivity contribution in [1.82, 2.24) is 10.4 Å². The van der Waals surface area contributed by atoms with Crippen LogP contribution in [0.5, 0.6) is 5.75 Å². The van der Waals surface area contributed by atoms with Crippen LogP contribution >= 0.6 is 11.3 Å². The van der Waals surface area contributed by atoms with E-state index >= 15 is 0 Å². The monoisotopic (exact) mass is 305 g/mol. The lowest BCUT2D eigenvalue weighted by atomic mass is 10.1. The molecule has 2 rings (SSSR count). The summed E-state index contributed by atoms with van der Waals surface area (Å²) in [5, 5.41) is 2.13. The summed E-state index contributed by atoms with van der Waals surface area (Å²) >= 11 is 1.25. The summed E-state index contributed by atoms with van der Waals surface area (Å²) in [5.41, 5.74) is 4.10. The predicted octanol–water partition coefficient (Wildman–Crippen LogP) is 2.67. The van der Waals surface area contributed by atoms with Crippen molar-refractivity contribution in [2.24, 2.45) is 5.84 Å². The van der Waals surface area contributed by atoms with Gasteiger partial charge in [-0.05, 0) is 30.5 Å². The Hall–Kier alpha value is -1.92. The minimum Gasteiger partial charge on any atom is -0.487 e. The molecule has 1 amide bonds. The van der Waals surface area contributed by atoms with E-state index < -0.39 is 0 Å². The van der Waals surface area contributed by atoms with Gasteiger partial charge in [0.05, 0.1) is 5.69 Å². The number of thiazole rings is 1. The number of rotatable bonds is 7. The molecular formula is C15H19N3O2S. The summed E-state index contributed by atoms with van der Waals surface area (Å²) in [6.45, 7) is 2.52. The number of amides is 1. The van der Waals surface area contributed by atoms with E-state index in [1.165, 1.54) is 29.7 Å². The van der Waals surface area contributed by atoms with Crippen LogP contribution in [0.15, 0.2) is 29.6 Å². The van der Waals surface area contributed by atoms with Crippen LogP contribution in [-0.4, -0.2) is 10.9 Å². The lowest BCUT2D eigenvalue weighted by molar-refractivity contribution is 0.0953. The molecule has 0 spiro atoms. The van der Waals surface area contributed by atoms with Crippen LogP contribution in [0.2, 0.25) is 0 Å². The Morgan fingerprint density at radius 3 is 2.81 bits per heavy atom. The number of carbonyl (C=O) groups is 1. The zero-order chi connectivity index (χ0) is 15.1. The zero-order valence-corrected chi connectivity index (χ0v) is 12.8. The molecule has 1 aromatic heterocycles. The summed E-state index contributed by atoms with van der Waals surface area (Å²) in [5.74, 6) is 5.48. The number of ether oxygens (including phenoxy) is 1. The molecule has 0 radical (unpaired) electrons. The maximum absolute atomic E-state index is 11.3. The number of hydrazine groups is 1. The summed E-state index contributed by atoms with van der Waals surface area (Å²) in [4.78, 5) is 15.5. The molecule has 0 aliphatic rings. The molecule has 6 heteroatoms. The van der Waals surface area contributed by atoms with Crippen LogP contribution in [0.3, 0.4) is 0 Å². The van der Waals surface area contributed by atoms with Gasteiger partial charge in [0, 0.05) is 5.38 Å². The molecule has 0 fully saturated rings. The topological polar surface area (TPSA) is 77.2 Å². The van der Waals surface area contributed by atoms with E-state index in [4.69, 9.17) is 10.6 Å². The van der Waals surface area contributed by atoms with Crippen molar-refractivity contribution in [2.75, 3.05) is 0 Å². The molecule has 21 heavy (non-hydrogen) atoms. The molecule has 1 heterocycles. The quantitative estimate of drug-likeness (QED) is 0.468. The number of nitrogen functional groups attached to an aromatic ring is 1. The first-order chi connectivity index (χ1) is 10.2. The molecule has 0 saturated carbocycles. The molecule has 112 valence electrons. The highest BCUT2D eigenvalue weighted by Gasteiger charge is 2.09. The molecule has 0 atom stereocenters. The summed E-state index contributed by atoms with van der Waals surface area (Å²) in [6.07, 6.45) is 3.49. The number of nitrogens with zero attached hydrogens (tertiary/aromatic N) is 1. The average Bonchev–Trinajstić information content (AvgIpc) is 3.00. The van der Waals surface area contributed by atoms with Gasteiger partial charge in [0.15, 0.2) is 5.01 Å². The fraction of sp³-hybridized carbons (Fsp3) is 0.333. The molecule has 0 unspecified atom stereocenters. The second-order valence-electron chi connectivity index (χ2n) is 4.65. The highest BCUT2D eigenvalue weighted by Crippen LogP contribution is 2.16. The normalized spacial score (nSPS) is 10.4. The van der Waals surface area contributed by atoms with E-state index in [1.54, 1.807) is 5.38 Å². The van der Waals surface area contributed by atoms with Crippen molar-refractivity contribution >= 4 is 17.2 Å². The molecule has 0 saturated heterocycles. The highest BCUT2D eigenvalue weighted by atomic mass is 32.1. The van der Waals surface area contributed by atoms with Crippen LogP contribution in [-0.2, 0) is 13.0 Å². The standard InChI is InChI=1S/C15H19N3O2S/c1-2-3-4-11-5-7-13(8-6-11)20-9-12-10-21-15(17-12)14(19)18-16/h5-8,10H,2-4,9,16H2,1H3,(H,18,19). The SMILES string of the molecule is CCCCc1ccc(OCc2csc(C(=O)NN)n2)cc1. The van der Waals surface area contributed by atoms with Crippen LogP contribution in [0.1, 0.15) is 40.8 Å². The van der Waals surface area contributed by atoms with Gasteiger partial charge in [0.1, 0.15) is 12.4 Å². The number of carbonyl (C=O) groups excluding carboxylic acids is 1. The maximum atomic E-state index is 11.3. The minimum absolute atomic E-state index is 0.336. The molecule has 2 aromatic rings. The third kappa shape index (κ3) is 4.54. The number of hydrogen-bond acceptors (Lipinski definition) is 5. The molecule has 0 aliphatic heterocycles. The van der Waals surface area contributed by atoms with Gasteiger partial charge in [-0.1, -0.05) is 25.5 Å². The lowest BCUT2D eigenvalue weighted by Crippen LogP contribution is -2.29. The predicted molar refractivity (Wildman–Crippen MR) is 83.2 cm³/mol. The first-order valence-corrected chi connectivity index (χ1v) is 7.78. The van der Waals surface area contributed by atoms with E-state index in [0.29, 0.717) is 17.3 Å². The van der Waals surface area contributed by atoms with Gasteiger partial charge in [-0.3, -0.25) is 10.2 Å². The Morgan fingerprint density at radius 2 is 2.14 bits per heavy atom. The number of benzene rings is 1. The zero-order valence-electron chi connectivity index (χ0n) is 12.0. The Balaban J connectivity index is 1.87. The summed E-state index contributed by atoms with van der Waals surface area (Å²) < 4.78 is 5.66. The number of aryl methyl sites for hydroxylation is 1. The van der Waals surface area contributed by atoms with Crippen molar-refractivity contribution < 1.29 is 9.53 Å². The van der Waals surface area contributed by atoms with Gasteiger partial charge in [-0.2, -0.15) is 0 Å². The van der Waals surface area contributed by atoms with Crippen molar-refractivity contribution in [3.05, 3.63) is 45.9 Å². The second kappa shape index (κ2) is 7.75. The van der Waals surface area contributed by atoms with E-state index in [9.17, 15) is 4.79 Å². The second-order valence-corrected chi connectivity index (χ2v) is 5.51. The van der Waals surface area contributed by atoms with Gasteiger partial charge in [0.2, 0.25) is 0 Å². The molecular weight excluding hydrogens is 286 g/mol. The fourth-order valence-electron chi connectivity index (χ4n) is 1.83. The van der Waals surface area contributed by atoms with Crippen molar-refractivity contribution in [1.29, 1.82) is 0 Å². The van der Waals surface area contributed by atoms with Gasteiger partial charge in [0.25, 0.3) is 5.91 Å². The van der Waals surface area contributed by atoms with E-state index in [0.717, 1.165) is 12.2 Å². The molecule has 0 bridgehead atoms. The van der Waals surface area contributed by atoms with Crippen molar-refractivity contribution in [3.63, 3.8) is 0 Å². The van der Waals surface area contributed by atoms with Crippen LogP contribution < -0.4 is 16.0 Å². The Morgan fingerprint density at radius 1 is 1.38 bits per heavy atom. The first kappa shape index (κ1) is 15.5. The Labute approximate surface area is 128 Å². The number of aromatic nitrogens is 1. The molecule has 5 nitrogen and oxygen atoms in total. The van der Waals surface area contributed by atoms with E-state index in [1.807, 2.05) is 12.1 Å². The number of unbranched alkanes of at least 4 members (excludes halogenated alkanes) is 1. The summed E-state index contributed by atoms with van der Waals surface area (Å²) in [6, 6.07) is 8.09. The van der Waals surface area contributed by atoms with Crippen molar-refractivity contribution in [2.45, 2.75) is 32.8 Å². The number of nitrogens with two attached hydrogens (primary N) is 1. The van der Waals surface area contributed by atoms with Gasteiger partial charge < -0.3 is 4.74 Å². The molecule has 0 aliphatic carbocycles.